The summed E-state index contributed by atoms with van der Waals surface area (Å²) >= 11 is 0. The van der Waals surface area contributed by atoms with E-state index in [2.05, 4.69) is 5.32 Å². The zero-order chi connectivity index (χ0) is 13.0. The summed E-state index contributed by atoms with van der Waals surface area (Å²) in [5.74, 6) is -0.0683. The molecule has 1 aliphatic rings. The molecule has 0 spiro atoms. The van der Waals surface area contributed by atoms with Crippen molar-refractivity contribution in [1.82, 2.24) is 5.32 Å². The van der Waals surface area contributed by atoms with Gasteiger partial charge in [-0.15, -0.1) is 0 Å². The Kier molecular flexibility index (Phi) is 3.87. The van der Waals surface area contributed by atoms with Crippen molar-refractivity contribution in [2.45, 2.75) is 31.7 Å². The number of carboxylic acids is 1. The molecule has 1 saturated heterocycles. The minimum atomic E-state index is -0.930. The van der Waals surface area contributed by atoms with Gasteiger partial charge in [0.15, 0.2) is 5.54 Å². The third-order valence-electron chi connectivity index (χ3n) is 3.47. The zero-order valence-corrected chi connectivity index (χ0v) is 10.6. The maximum atomic E-state index is 11.4. The first-order valence-corrected chi connectivity index (χ1v) is 6.31. The van der Waals surface area contributed by atoms with Crippen LogP contribution >= 0.6 is 0 Å². The van der Waals surface area contributed by atoms with Crippen molar-refractivity contribution in [2.24, 2.45) is 0 Å². The fourth-order valence-corrected chi connectivity index (χ4v) is 2.25. The predicted molar refractivity (Wildman–Crippen MR) is 68.9 cm³/mol. The quantitative estimate of drug-likeness (QED) is 0.856. The van der Waals surface area contributed by atoms with E-state index in [-0.39, 0.29) is 6.61 Å². The fraction of sp³-hybridized carbons (Fsp3) is 0.500. The van der Waals surface area contributed by atoms with Gasteiger partial charge in [0.2, 0.25) is 0 Å². The van der Waals surface area contributed by atoms with Crippen LogP contribution in [0.4, 0.5) is 0 Å². The van der Waals surface area contributed by atoms with Crippen LogP contribution in [-0.4, -0.2) is 29.8 Å². The van der Waals surface area contributed by atoms with Gasteiger partial charge < -0.3 is 9.84 Å². The summed E-state index contributed by atoms with van der Waals surface area (Å²) in [5.41, 5.74) is 0.0921. The van der Waals surface area contributed by atoms with Gasteiger partial charge >= 0.3 is 5.97 Å². The summed E-state index contributed by atoms with van der Waals surface area (Å²) in [6, 6.07) is 7.66. The summed E-state index contributed by atoms with van der Waals surface area (Å²) in [4.78, 5) is 11.4. The van der Waals surface area contributed by atoms with Crippen molar-refractivity contribution in [3.63, 3.8) is 0 Å². The first-order chi connectivity index (χ1) is 8.64. The van der Waals surface area contributed by atoms with Crippen molar-refractivity contribution < 1.29 is 14.6 Å². The minimum Gasteiger partial charge on any atom is -0.491 e. The standard InChI is InChI=1S/C14H19NO3/c1-11-6-2-3-7-12(11)18-10-14(13(16)17)8-4-5-9-15-14/h2-3,6-7,15H,4-5,8-10H2,1H3,(H,16,17). The third-order valence-corrected chi connectivity index (χ3v) is 3.47. The van der Waals surface area contributed by atoms with E-state index in [4.69, 9.17) is 4.74 Å². The van der Waals surface area contributed by atoms with Crippen LogP contribution < -0.4 is 10.1 Å². The van der Waals surface area contributed by atoms with Crippen molar-refractivity contribution in [3.8, 4) is 5.75 Å². The van der Waals surface area contributed by atoms with Crippen LogP contribution in [0.15, 0.2) is 24.3 Å². The summed E-state index contributed by atoms with van der Waals surface area (Å²) in [6.45, 7) is 2.87. The lowest BCUT2D eigenvalue weighted by molar-refractivity contribution is -0.147. The average Bonchev–Trinajstić information content (AvgIpc) is 2.39. The molecule has 0 aliphatic carbocycles. The van der Waals surface area contributed by atoms with E-state index in [9.17, 15) is 9.90 Å². The number of ether oxygens (including phenoxy) is 1. The summed E-state index contributed by atoms with van der Waals surface area (Å²) in [6.07, 6.45) is 2.57. The third kappa shape index (κ3) is 2.64. The maximum Gasteiger partial charge on any atom is 0.327 e. The number of benzene rings is 1. The Morgan fingerprint density at radius 2 is 2.22 bits per heavy atom. The monoisotopic (exact) mass is 249 g/mol. The molecule has 98 valence electrons. The molecule has 0 bridgehead atoms. The number of nitrogens with one attached hydrogen (secondary N) is 1. The van der Waals surface area contributed by atoms with Gasteiger partial charge in [0.25, 0.3) is 0 Å². The Balaban J connectivity index is 2.06. The number of piperidine rings is 1. The van der Waals surface area contributed by atoms with E-state index in [1.807, 2.05) is 31.2 Å². The Morgan fingerprint density at radius 1 is 1.44 bits per heavy atom. The zero-order valence-electron chi connectivity index (χ0n) is 10.6. The molecule has 4 nitrogen and oxygen atoms in total. The fourth-order valence-electron chi connectivity index (χ4n) is 2.25. The maximum absolute atomic E-state index is 11.4. The number of carbonyl (C=O) groups is 1. The van der Waals surface area contributed by atoms with Gasteiger partial charge in [0.1, 0.15) is 12.4 Å². The summed E-state index contributed by atoms with van der Waals surface area (Å²) < 4.78 is 5.70. The molecule has 1 atom stereocenters. The van der Waals surface area contributed by atoms with Gasteiger partial charge in [-0.2, -0.15) is 0 Å². The Bertz CT molecular complexity index is 425. The van der Waals surface area contributed by atoms with E-state index in [1.165, 1.54) is 0 Å². The number of aliphatic carboxylic acids is 1. The highest BCUT2D eigenvalue weighted by Gasteiger charge is 2.40. The summed E-state index contributed by atoms with van der Waals surface area (Å²) in [5, 5.41) is 12.5. The largest absolute Gasteiger partial charge is 0.491 e. The van der Waals surface area contributed by atoms with E-state index >= 15 is 0 Å². The van der Waals surface area contributed by atoms with E-state index in [0.29, 0.717) is 6.42 Å². The molecular formula is C14H19NO3. The number of carboxylic acid groups (broad SMARTS) is 1. The first kappa shape index (κ1) is 12.9. The average molecular weight is 249 g/mol. The molecule has 1 heterocycles. The van der Waals surface area contributed by atoms with Gasteiger partial charge in [-0.3, -0.25) is 10.1 Å². The van der Waals surface area contributed by atoms with Crippen LogP contribution in [0.25, 0.3) is 0 Å². The molecule has 1 unspecified atom stereocenters. The van der Waals surface area contributed by atoms with Crippen LogP contribution in [0, 0.1) is 6.92 Å². The molecule has 0 saturated carbocycles. The molecule has 1 aromatic carbocycles. The highest BCUT2D eigenvalue weighted by atomic mass is 16.5. The van der Waals surface area contributed by atoms with Gasteiger partial charge in [0, 0.05) is 0 Å². The van der Waals surface area contributed by atoms with E-state index in [1.54, 1.807) is 0 Å². The molecule has 2 N–H and O–H groups in total. The number of hydrogen-bond donors (Lipinski definition) is 2. The van der Waals surface area contributed by atoms with Crippen molar-refractivity contribution in [3.05, 3.63) is 29.8 Å². The molecule has 1 aliphatic heterocycles. The molecule has 18 heavy (non-hydrogen) atoms. The van der Waals surface area contributed by atoms with E-state index in [0.717, 1.165) is 30.7 Å². The molecule has 1 aromatic rings. The van der Waals surface area contributed by atoms with Crippen molar-refractivity contribution >= 4 is 5.97 Å². The molecule has 1 fully saturated rings. The van der Waals surface area contributed by atoms with Gasteiger partial charge in [-0.05, 0) is 44.4 Å². The lowest BCUT2D eigenvalue weighted by atomic mass is 9.90. The molecular weight excluding hydrogens is 230 g/mol. The van der Waals surface area contributed by atoms with Gasteiger partial charge in [0.05, 0.1) is 0 Å². The summed E-state index contributed by atoms with van der Waals surface area (Å²) in [7, 11) is 0. The van der Waals surface area contributed by atoms with Crippen molar-refractivity contribution in [2.75, 3.05) is 13.2 Å². The molecule has 2 rings (SSSR count). The van der Waals surface area contributed by atoms with E-state index < -0.39 is 11.5 Å². The van der Waals surface area contributed by atoms with Crippen LogP contribution in [0.3, 0.4) is 0 Å². The van der Waals surface area contributed by atoms with Crippen molar-refractivity contribution in [1.29, 1.82) is 0 Å². The second kappa shape index (κ2) is 5.40. The lowest BCUT2D eigenvalue weighted by Crippen LogP contribution is -2.58. The second-order valence-corrected chi connectivity index (χ2v) is 4.83. The number of hydrogen-bond acceptors (Lipinski definition) is 3. The van der Waals surface area contributed by atoms with Gasteiger partial charge in [-0.1, -0.05) is 18.2 Å². The molecule has 0 radical (unpaired) electrons. The van der Waals surface area contributed by atoms with Crippen LogP contribution in [-0.2, 0) is 4.79 Å². The van der Waals surface area contributed by atoms with Crippen LogP contribution in [0.5, 0.6) is 5.75 Å². The normalized spacial score (nSPS) is 23.6. The molecule has 0 aromatic heterocycles. The first-order valence-electron chi connectivity index (χ1n) is 6.31. The molecule has 4 heteroatoms. The second-order valence-electron chi connectivity index (χ2n) is 4.83. The van der Waals surface area contributed by atoms with Crippen LogP contribution in [0.2, 0.25) is 0 Å². The topological polar surface area (TPSA) is 58.6 Å². The highest BCUT2D eigenvalue weighted by Crippen LogP contribution is 2.23. The Labute approximate surface area is 107 Å². The highest BCUT2D eigenvalue weighted by molar-refractivity contribution is 5.79. The number of aryl methyl sites for hydroxylation is 1. The SMILES string of the molecule is Cc1ccccc1OCC1(C(=O)O)CCCCN1. The number of rotatable bonds is 4. The Hall–Kier alpha value is -1.55. The lowest BCUT2D eigenvalue weighted by Gasteiger charge is -2.34. The number of para-hydroxylation sites is 1. The minimum absolute atomic E-state index is 0.174. The molecule has 0 amide bonds. The smallest absolute Gasteiger partial charge is 0.327 e. The Morgan fingerprint density at radius 3 is 2.83 bits per heavy atom. The predicted octanol–water partition coefficient (Wildman–Crippen LogP) is 1.97. The van der Waals surface area contributed by atoms with Gasteiger partial charge in [-0.25, -0.2) is 0 Å². The van der Waals surface area contributed by atoms with Crippen LogP contribution in [0.1, 0.15) is 24.8 Å².